The molecule has 9 heteroatoms. The molecule has 1 saturated heterocycles. The number of nitrogens with zero attached hydrogens (tertiary/aromatic N) is 1. The molecule has 1 aliphatic heterocycles. The summed E-state index contributed by atoms with van der Waals surface area (Å²) in [6.07, 6.45) is 0.290. The lowest BCUT2D eigenvalue weighted by molar-refractivity contribution is -0.140. The summed E-state index contributed by atoms with van der Waals surface area (Å²) in [5.74, 6) is -4.73. The zero-order chi connectivity index (χ0) is 22.5. The Kier molecular flexibility index (Phi) is 6.74. The van der Waals surface area contributed by atoms with Crippen molar-refractivity contribution in [3.05, 3.63) is 71.3 Å². The van der Waals surface area contributed by atoms with Gasteiger partial charge in [0.2, 0.25) is 17.6 Å². The molecule has 1 heterocycles. The standard InChI is InChI=1S/C22H21F2N3O4/c23-15-8-14(9-16(24)11-15)12-27-18(6-7-19(27)28)22(31)26-17(20(29)21(25)30)10-13-4-2-1-3-5-13/h1-5,8-9,11,17-18H,6-7,10,12H2,(H2,25,30)(H,26,31)/t17?,18-/m1/s1. The molecule has 0 bridgehead atoms. The van der Waals surface area contributed by atoms with Gasteiger partial charge in [-0.15, -0.1) is 0 Å². The third kappa shape index (κ3) is 5.50. The number of rotatable bonds is 8. The Balaban J connectivity index is 1.77. The van der Waals surface area contributed by atoms with Crippen molar-refractivity contribution in [2.45, 2.75) is 37.9 Å². The summed E-state index contributed by atoms with van der Waals surface area (Å²) in [5.41, 5.74) is 6.02. The molecule has 3 amide bonds. The molecule has 3 rings (SSSR count). The van der Waals surface area contributed by atoms with Crippen LogP contribution in [0.2, 0.25) is 0 Å². The van der Waals surface area contributed by atoms with E-state index in [1.807, 2.05) is 0 Å². The SMILES string of the molecule is NC(=O)C(=O)C(Cc1ccccc1)NC(=O)[C@H]1CCC(=O)N1Cc1cc(F)cc(F)c1. The number of nitrogens with one attached hydrogen (secondary N) is 1. The van der Waals surface area contributed by atoms with Crippen molar-refractivity contribution < 1.29 is 28.0 Å². The predicted octanol–water partition coefficient (Wildman–Crippen LogP) is 1.24. The highest BCUT2D eigenvalue weighted by atomic mass is 19.1. The van der Waals surface area contributed by atoms with Crippen LogP contribution in [0, 0.1) is 11.6 Å². The summed E-state index contributed by atoms with van der Waals surface area (Å²) in [6.45, 7) is -0.168. The molecule has 1 fully saturated rings. The Bertz CT molecular complexity index is 993. The van der Waals surface area contributed by atoms with Gasteiger partial charge in [-0.3, -0.25) is 19.2 Å². The van der Waals surface area contributed by atoms with Crippen molar-refractivity contribution >= 4 is 23.5 Å². The van der Waals surface area contributed by atoms with Crippen molar-refractivity contribution in [3.8, 4) is 0 Å². The number of ketones is 1. The molecule has 2 aromatic rings. The molecule has 2 atom stereocenters. The number of Topliss-reactive ketones (excluding diaryl/α,β-unsaturated/α-hetero) is 1. The summed E-state index contributed by atoms with van der Waals surface area (Å²) in [6, 6.07) is 9.48. The van der Waals surface area contributed by atoms with Gasteiger partial charge in [-0.2, -0.15) is 0 Å². The number of nitrogens with two attached hydrogens (primary N) is 1. The van der Waals surface area contributed by atoms with Crippen LogP contribution in [0.4, 0.5) is 8.78 Å². The van der Waals surface area contributed by atoms with Gasteiger partial charge in [-0.1, -0.05) is 30.3 Å². The maximum Gasteiger partial charge on any atom is 0.287 e. The number of amides is 3. The molecule has 0 radical (unpaired) electrons. The number of likely N-dealkylation sites (tertiary alicyclic amines) is 1. The fraction of sp³-hybridized carbons (Fsp3) is 0.273. The number of hydrogen-bond acceptors (Lipinski definition) is 4. The second-order valence-electron chi connectivity index (χ2n) is 7.33. The van der Waals surface area contributed by atoms with Gasteiger partial charge in [-0.05, 0) is 29.7 Å². The molecule has 0 spiro atoms. The van der Waals surface area contributed by atoms with Crippen LogP contribution in [-0.2, 0) is 32.1 Å². The molecular weight excluding hydrogens is 408 g/mol. The molecule has 31 heavy (non-hydrogen) atoms. The fourth-order valence-electron chi connectivity index (χ4n) is 3.60. The third-order valence-corrected chi connectivity index (χ3v) is 5.06. The first-order valence-corrected chi connectivity index (χ1v) is 9.67. The first-order valence-electron chi connectivity index (χ1n) is 9.67. The average molecular weight is 429 g/mol. The van der Waals surface area contributed by atoms with Crippen molar-refractivity contribution in [2.75, 3.05) is 0 Å². The van der Waals surface area contributed by atoms with E-state index in [9.17, 15) is 28.0 Å². The Morgan fingerprint density at radius 2 is 1.71 bits per heavy atom. The van der Waals surface area contributed by atoms with Crippen molar-refractivity contribution in [3.63, 3.8) is 0 Å². The van der Waals surface area contributed by atoms with Crippen LogP contribution in [0.3, 0.4) is 0 Å². The maximum absolute atomic E-state index is 13.5. The molecule has 2 aromatic carbocycles. The van der Waals surface area contributed by atoms with Crippen LogP contribution in [0.5, 0.6) is 0 Å². The quantitative estimate of drug-likeness (QED) is 0.615. The Labute approximate surface area is 177 Å². The van der Waals surface area contributed by atoms with Crippen molar-refractivity contribution in [1.82, 2.24) is 10.2 Å². The van der Waals surface area contributed by atoms with E-state index in [4.69, 9.17) is 5.73 Å². The van der Waals surface area contributed by atoms with Crippen LogP contribution in [0.1, 0.15) is 24.0 Å². The van der Waals surface area contributed by atoms with E-state index in [-0.39, 0.29) is 37.3 Å². The largest absolute Gasteiger partial charge is 0.363 e. The number of hydrogen-bond donors (Lipinski definition) is 2. The molecule has 0 aliphatic carbocycles. The molecule has 3 N–H and O–H groups in total. The van der Waals surface area contributed by atoms with E-state index >= 15 is 0 Å². The lowest BCUT2D eigenvalue weighted by Crippen LogP contribution is -2.53. The number of benzene rings is 2. The lowest BCUT2D eigenvalue weighted by atomic mass is 10.0. The Morgan fingerprint density at radius 1 is 1.06 bits per heavy atom. The van der Waals surface area contributed by atoms with E-state index < -0.39 is 41.3 Å². The van der Waals surface area contributed by atoms with Crippen LogP contribution in [0.25, 0.3) is 0 Å². The van der Waals surface area contributed by atoms with Gasteiger partial charge in [0, 0.05) is 25.5 Å². The zero-order valence-electron chi connectivity index (χ0n) is 16.5. The number of halogens is 2. The minimum atomic E-state index is -1.20. The van der Waals surface area contributed by atoms with Crippen molar-refractivity contribution in [1.29, 1.82) is 0 Å². The summed E-state index contributed by atoms with van der Waals surface area (Å²) in [4.78, 5) is 50.1. The van der Waals surface area contributed by atoms with Gasteiger partial charge in [-0.25, -0.2) is 8.78 Å². The lowest BCUT2D eigenvalue weighted by Gasteiger charge is -2.26. The van der Waals surface area contributed by atoms with E-state index in [0.29, 0.717) is 11.6 Å². The first kappa shape index (κ1) is 22.1. The predicted molar refractivity (Wildman–Crippen MR) is 106 cm³/mol. The Hall–Kier alpha value is -3.62. The molecule has 0 saturated carbocycles. The minimum Gasteiger partial charge on any atom is -0.363 e. The van der Waals surface area contributed by atoms with Crippen LogP contribution in [-0.4, -0.2) is 40.5 Å². The third-order valence-electron chi connectivity index (χ3n) is 5.06. The molecule has 162 valence electrons. The first-order chi connectivity index (χ1) is 14.7. The van der Waals surface area contributed by atoms with Crippen LogP contribution < -0.4 is 11.1 Å². The molecule has 7 nitrogen and oxygen atoms in total. The Morgan fingerprint density at radius 3 is 2.32 bits per heavy atom. The zero-order valence-corrected chi connectivity index (χ0v) is 16.5. The summed E-state index contributed by atoms with van der Waals surface area (Å²) in [5, 5.41) is 2.52. The van der Waals surface area contributed by atoms with Gasteiger partial charge < -0.3 is 16.0 Å². The van der Waals surface area contributed by atoms with E-state index in [1.54, 1.807) is 30.3 Å². The van der Waals surface area contributed by atoms with Crippen LogP contribution in [0.15, 0.2) is 48.5 Å². The maximum atomic E-state index is 13.5. The highest BCUT2D eigenvalue weighted by Gasteiger charge is 2.38. The molecular formula is C22H21F2N3O4. The minimum absolute atomic E-state index is 0.0458. The topological polar surface area (TPSA) is 110 Å². The fourth-order valence-corrected chi connectivity index (χ4v) is 3.60. The summed E-state index contributed by atoms with van der Waals surface area (Å²) in [7, 11) is 0. The highest BCUT2D eigenvalue weighted by Crippen LogP contribution is 2.23. The molecule has 1 aliphatic rings. The van der Waals surface area contributed by atoms with Gasteiger partial charge in [0.25, 0.3) is 5.91 Å². The van der Waals surface area contributed by atoms with E-state index in [0.717, 1.165) is 12.1 Å². The van der Waals surface area contributed by atoms with E-state index in [1.165, 1.54) is 4.90 Å². The average Bonchev–Trinajstić information content (AvgIpc) is 3.07. The van der Waals surface area contributed by atoms with Gasteiger partial charge in [0.05, 0.1) is 0 Å². The number of primary amides is 1. The summed E-state index contributed by atoms with van der Waals surface area (Å²) < 4.78 is 27.0. The second-order valence-corrected chi connectivity index (χ2v) is 7.33. The van der Waals surface area contributed by atoms with Crippen molar-refractivity contribution in [2.24, 2.45) is 5.73 Å². The van der Waals surface area contributed by atoms with Crippen LogP contribution >= 0.6 is 0 Å². The normalized spacial score (nSPS) is 16.8. The monoisotopic (exact) mass is 429 g/mol. The van der Waals surface area contributed by atoms with Gasteiger partial charge >= 0.3 is 0 Å². The number of carbonyl (C=O) groups is 4. The number of carbonyl (C=O) groups excluding carboxylic acids is 4. The second kappa shape index (κ2) is 9.46. The van der Waals surface area contributed by atoms with E-state index in [2.05, 4.69) is 5.32 Å². The molecule has 0 aromatic heterocycles. The molecule has 1 unspecified atom stereocenters. The van der Waals surface area contributed by atoms with Gasteiger partial charge in [0.15, 0.2) is 0 Å². The smallest absolute Gasteiger partial charge is 0.287 e. The highest BCUT2D eigenvalue weighted by molar-refractivity contribution is 6.37. The summed E-state index contributed by atoms with van der Waals surface area (Å²) >= 11 is 0. The van der Waals surface area contributed by atoms with Gasteiger partial charge in [0.1, 0.15) is 23.7 Å².